The zero-order valence-corrected chi connectivity index (χ0v) is 21.6. The second-order valence-electron chi connectivity index (χ2n) is 9.02. The van der Waals surface area contributed by atoms with Crippen LogP contribution in [0.3, 0.4) is 0 Å². The predicted molar refractivity (Wildman–Crippen MR) is 146 cm³/mol. The first kappa shape index (κ1) is 29.4. The molecule has 4 aromatic carbocycles. The van der Waals surface area contributed by atoms with Gasteiger partial charge in [0.05, 0.1) is 6.54 Å². The third kappa shape index (κ3) is 7.97. The number of amides is 1. The van der Waals surface area contributed by atoms with Crippen molar-refractivity contribution in [1.82, 2.24) is 0 Å². The van der Waals surface area contributed by atoms with Crippen molar-refractivity contribution in [3.8, 4) is 5.75 Å². The highest BCUT2D eigenvalue weighted by atomic mass is 19.4. The lowest BCUT2D eigenvalue weighted by Gasteiger charge is -2.25. The monoisotopic (exact) mass is 563 g/mol. The normalized spacial score (nSPS) is 11.0. The highest BCUT2D eigenvalue weighted by Gasteiger charge is 2.43. The molecule has 0 aliphatic carbocycles. The summed E-state index contributed by atoms with van der Waals surface area (Å²) in [5.74, 6) is -2.95. The summed E-state index contributed by atoms with van der Waals surface area (Å²) in [5.41, 5.74) is 1.73. The number of ether oxygens (including phenoxy) is 2. The van der Waals surface area contributed by atoms with E-state index in [1.807, 2.05) is 12.1 Å². The van der Waals surface area contributed by atoms with Gasteiger partial charge in [0.1, 0.15) is 24.5 Å². The van der Waals surface area contributed by atoms with E-state index in [0.717, 1.165) is 11.1 Å². The van der Waals surface area contributed by atoms with Gasteiger partial charge in [-0.2, -0.15) is 13.2 Å². The number of nitrogens with zero attached hydrogens (tertiary/aromatic N) is 1. The van der Waals surface area contributed by atoms with Gasteiger partial charge in [0, 0.05) is 11.8 Å². The van der Waals surface area contributed by atoms with Crippen molar-refractivity contribution in [3.63, 3.8) is 0 Å². The number of alkyl halides is 3. The number of halogens is 3. The van der Waals surface area contributed by atoms with Crippen LogP contribution in [0.4, 0.5) is 18.9 Å². The van der Waals surface area contributed by atoms with Crippen LogP contribution in [0.15, 0.2) is 103 Å². The van der Waals surface area contributed by atoms with E-state index in [9.17, 15) is 32.8 Å². The van der Waals surface area contributed by atoms with Crippen molar-refractivity contribution in [2.24, 2.45) is 0 Å². The Balaban J connectivity index is 1.67. The van der Waals surface area contributed by atoms with Crippen LogP contribution in [-0.2, 0) is 29.3 Å². The van der Waals surface area contributed by atoms with E-state index in [0.29, 0.717) is 10.5 Å². The summed E-state index contributed by atoms with van der Waals surface area (Å²) in [5, 5.41) is 18.6. The highest BCUT2D eigenvalue weighted by molar-refractivity contribution is 6.58. The molecule has 0 heterocycles. The molecule has 4 rings (SSSR count). The number of hydrogen-bond acceptors (Lipinski definition) is 6. The van der Waals surface area contributed by atoms with Crippen molar-refractivity contribution < 1.29 is 42.3 Å². The van der Waals surface area contributed by atoms with E-state index < -0.39 is 31.7 Å². The SMILES string of the molecule is O=C(OCc1ccccc1)c1ccc(N(Cc2ccc(B(O)O)cc2)C(=O)C(F)(F)F)cc1OCc1ccccc1. The maximum atomic E-state index is 13.6. The number of carbonyl (C=O) groups is 2. The quantitative estimate of drug-likeness (QED) is 0.220. The lowest BCUT2D eigenvalue weighted by Crippen LogP contribution is -2.41. The summed E-state index contributed by atoms with van der Waals surface area (Å²) in [6.07, 6.45) is -5.19. The molecular weight excluding hydrogens is 538 g/mol. The fraction of sp³-hybridized carbons (Fsp3) is 0.133. The van der Waals surface area contributed by atoms with Gasteiger partial charge in [-0.3, -0.25) is 4.79 Å². The number of hydrogen-bond donors (Lipinski definition) is 2. The first-order valence-electron chi connectivity index (χ1n) is 12.5. The first-order valence-corrected chi connectivity index (χ1v) is 12.5. The average molecular weight is 563 g/mol. The summed E-state index contributed by atoms with van der Waals surface area (Å²) < 4.78 is 52.2. The zero-order chi connectivity index (χ0) is 29.4. The second-order valence-corrected chi connectivity index (χ2v) is 9.02. The second kappa shape index (κ2) is 13.2. The number of benzene rings is 4. The van der Waals surface area contributed by atoms with Crippen molar-refractivity contribution in [2.45, 2.75) is 25.9 Å². The Bertz CT molecular complexity index is 1470. The molecule has 210 valence electrons. The van der Waals surface area contributed by atoms with Gasteiger partial charge in [-0.15, -0.1) is 0 Å². The summed E-state index contributed by atoms with van der Waals surface area (Å²) in [7, 11) is -1.75. The van der Waals surface area contributed by atoms with Gasteiger partial charge in [-0.05, 0) is 34.3 Å². The lowest BCUT2D eigenvalue weighted by molar-refractivity contribution is -0.170. The van der Waals surface area contributed by atoms with Gasteiger partial charge in [0.2, 0.25) is 0 Å². The fourth-order valence-electron chi connectivity index (χ4n) is 3.91. The summed E-state index contributed by atoms with van der Waals surface area (Å²) in [4.78, 5) is 26.0. The van der Waals surface area contributed by atoms with Gasteiger partial charge < -0.3 is 24.4 Å². The molecule has 0 unspecified atom stereocenters. The Labute approximate surface area is 234 Å². The minimum Gasteiger partial charge on any atom is -0.488 e. The number of anilines is 1. The Kier molecular flexibility index (Phi) is 9.43. The summed E-state index contributed by atoms with van der Waals surface area (Å²) in [6, 6.07) is 27.0. The van der Waals surface area contributed by atoms with Gasteiger partial charge in [0.25, 0.3) is 0 Å². The standard InChI is InChI=1S/C30H25BF3NO6/c32-30(33,34)29(37)35(18-21-11-13-24(14-12-21)31(38)39)25-15-16-26(28(36)41-20-23-9-5-2-6-10-23)27(17-25)40-19-22-7-3-1-4-8-22/h1-17,38-39H,18-20H2. The molecule has 0 aliphatic rings. The molecule has 0 aromatic heterocycles. The van der Waals surface area contributed by atoms with E-state index in [1.165, 1.54) is 42.5 Å². The molecule has 1 amide bonds. The minimum atomic E-state index is -5.19. The molecule has 0 radical (unpaired) electrons. The number of rotatable bonds is 10. The van der Waals surface area contributed by atoms with E-state index >= 15 is 0 Å². The van der Waals surface area contributed by atoms with Crippen LogP contribution in [0.1, 0.15) is 27.0 Å². The highest BCUT2D eigenvalue weighted by Crippen LogP contribution is 2.31. The van der Waals surface area contributed by atoms with Crippen LogP contribution in [0.2, 0.25) is 0 Å². The minimum absolute atomic E-state index is 0.00141. The van der Waals surface area contributed by atoms with Crippen LogP contribution in [0.5, 0.6) is 5.75 Å². The molecule has 0 spiro atoms. The average Bonchev–Trinajstić information content (AvgIpc) is 2.98. The first-order chi connectivity index (χ1) is 19.6. The van der Waals surface area contributed by atoms with Crippen molar-refractivity contribution in [1.29, 1.82) is 0 Å². The van der Waals surface area contributed by atoms with E-state index in [4.69, 9.17) is 9.47 Å². The zero-order valence-electron chi connectivity index (χ0n) is 21.6. The van der Waals surface area contributed by atoms with Gasteiger partial charge in [-0.25, -0.2) is 4.79 Å². The van der Waals surface area contributed by atoms with Crippen molar-refractivity contribution >= 4 is 30.1 Å². The van der Waals surface area contributed by atoms with Crippen LogP contribution in [0.25, 0.3) is 0 Å². The molecule has 0 bridgehead atoms. The molecule has 0 atom stereocenters. The fourth-order valence-corrected chi connectivity index (χ4v) is 3.91. The van der Waals surface area contributed by atoms with Crippen LogP contribution in [-0.4, -0.2) is 35.2 Å². The van der Waals surface area contributed by atoms with E-state index in [1.54, 1.807) is 48.5 Å². The number of esters is 1. The Morgan fingerprint density at radius 3 is 1.90 bits per heavy atom. The molecular formula is C30H25BF3NO6. The summed E-state index contributed by atoms with van der Waals surface area (Å²) in [6.45, 7) is -0.520. The largest absolute Gasteiger partial charge is 0.488 e. The third-order valence-electron chi connectivity index (χ3n) is 6.05. The molecule has 7 nitrogen and oxygen atoms in total. The summed E-state index contributed by atoms with van der Waals surface area (Å²) >= 11 is 0. The van der Waals surface area contributed by atoms with Gasteiger partial charge >= 0.3 is 25.2 Å². The molecule has 2 N–H and O–H groups in total. The van der Waals surface area contributed by atoms with Crippen LogP contribution >= 0.6 is 0 Å². The molecule has 0 saturated carbocycles. The van der Waals surface area contributed by atoms with Crippen molar-refractivity contribution in [3.05, 3.63) is 125 Å². The van der Waals surface area contributed by atoms with E-state index in [-0.39, 0.29) is 35.7 Å². The number of carbonyl (C=O) groups excluding carboxylic acids is 2. The Morgan fingerprint density at radius 1 is 0.756 bits per heavy atom. The maximum Gasteiger partial charge on any atom is 0.488 e. The van der Waals surface area contributed by atoms with Crippen molar-refractivity contribution in [2.75, 3.05) is 4.90 Å². The molecule has 11 heteroatoms. The van der Waals surface area contributed by atoms with Gasteiger partial charge in [0.15, 0.2) is 0 Å². The Morgan fingerprint density at radius 2 is 1.34 bits per heavy atom. The van der Waals surface area contributed by atoms with Crippen LogP contribution in [0, 0.1) is 0 Å². The van der Waals surface area contributed by atoms with Gasteiger partial charge in [-0.1, -0.05) is 84.9 Å². The lowest BCUT2D eigenvalue weighted by atomic mass is 9.80. The molecule has 0 saturated heterocycles. The predicted octanol–water partition coefficient (Wildman–Crippen LogP) is 4.40. The molecule has 4 aromatic rings. The third-order valence-corrected chi connectivity index (χ3v) is 6.05. The molecule has 0 aliphatic heterocycles. The Hall–Kier alpha value is -4.61. The maximum absolute atomic E-state index is 13.6. The molecule has 0 fully saturated rings. The molecule has 41 heavy (non-hydrogen) atoms. The topological polar surface area (TPSA) is 96.3 Å². The van der Waals surface area contributed by atoms with Crippen LogP contribution < -0.4 is 15.1 Å². The van der Waals surface area contributed by atoms with E-state index in [2.05, 4.69) is 0 Å². The smallest absolute Gasteiger partial charge is 0.488 e.